The molecule has 112 valence electrons. The Kier molecular flexibility index (Phi) is 6.67. The van der Waals surface area contributed by atoms with Crippen LogP contribution in [0.3, 0.4) is 0 Å². The quantitative estimate of drug-likeness (QED) is 0.762. The minimum atomic E-state index is -3.40. The number of nitrogens with one attached hydrogen (secondary N) is 2. The molecule has 1 amide bonds. The van der Waals surface area contributed by atoms with E-state index in [0.717, 1.165) is 12.0 Å². The Bertz CT molecular complexity index is 524. The normalized spacial score (nSPS) is 11.3. The SMILES string of the molecule is CCCNC(=O)CCc1ccc(S(=O)(=O)NCC)cc1. The summed E-state index contributed by atoms with van der Waals surface area (Å²) in [7, 11) is -3.40. The molecule has 0 aliphatic heterocycles. The van der Waals surface area contributed by atoms with E-state index in [1.54, 1.807) is 31.2 Å². The molecule has 1 aromatic carbocycles. The van der Waals surface area contributed by atoms with Gasteiger partial charge in [0.2, 0.25) is 15.9 Å². The molecule has 1 rings (SSSR count). The maximum atomic E-state index is 11.8. The van der Waals surface area contributed by atoms with E-state index in [2.05, 4.69) is 10.0 Å². The van der Waals surface area contributed by atoms with Crippen LogP contribution in [0, 0.1) is 0 Å². The van der Waals surface area contributed by atoms with Crippen LogP contribution in [0.2, 0.25) is 0 Å². The third-order valence-corrected chi connectivity index (χ3v) is 4.34. The Morgan fingerprint density at radius 1 is 1.15 bits per heavy atom. The average Bonchev–Trinajstić information content (AvgIpc) is 2.43. The molecule has 0 fully saturated rings. The number of hydrogen-bond donors (Lipinski definition) is 2. The molecule has 20 heavy (non-hydrogen) atoms. The van der Waals surface area contributed by atoms with Crippen LogP contribution < -0.4 is 10.0 Å². The third-order valence-electron chi connectivity index (χ3n) is 2.78. The highest BCUT2D eigenvalue weighted by atomic mass is 32.2. The summed E-state index contributed by atoms with van der Waals surface area (Å²) in [6, 6.07) is 6.63. The van der Waals surface area contributed by atoms with E-state index in [1.807, 2.05) is 6.92 Å². The fourth-order valence-electron chi connectivity index (χ4n) is 1.72. The van der Waals surface area contributed by atoms with Crippen LogP contribution in [0.4, 0.5) is 0 Å². The monoisotopic (exact) mass is 298 g/mol. The smallest absolute Gasteiger partial charge is 0.240 e. The second-order valence-corrected chi connectivity index (χ2v) is 6.26. The summed E-state index contributed by atoms with van der Waals surface area (Å²) in [5, 5.41) is 2.81. The Balaban J connectivity index is 2.57. The number of carbonyl (C=O) groups is 1. The second-order valence-electron chi connectivity index (χ2n) is 4.50. The van der Waals surface area contributed by atoms with Crippen LogP contribution in [-0.2, 0) is 21.2 Å². The lowest BCUT2D eigenvalue weighted by molar-refractivity contribution is -0.121. The summed E-state index contributed by atoms with van der Waals surface area (Å²) >= 11 is 0. The molecule has 0 aromatic heterocycles. The van der Waals surface area contributed by atoms with Crippen molar-refractivity contribution in [2.45, 2.75) is 38.0 Å². The summed E-state index contributed by atoms with van der Waals surface area (Å²) in [5.74, 6) is 0.0243. The molecular weight excluding hydrogens is 276 g/mol. The van der Waals surface area contributed by atoms with E-state index in [1.165, 1.54) is 0 Å². The zero-order valence-corrected chi connectivity index (χ0v) is 12.8. The van der Waals surface area contributed by atoms with Gasteiger partial charge in [0.05, 0.1) is 4.90 Å². The molecule has 0 aliphatic carbocycles. The molecule has 0 atom stereocenters. The van der Waals surface area contributed by atoms with Crippen molar-refractivity contribution in [3.05, 3.63) is 29.8 Å². The van der Waals surface area contributed by atoms with Crippen LogP contribution in [0.5, 0.6) is 0 Å². The van der Waals surface area contributed by atoms with Gasteiger partial charge in [-0.05, 0) is 30.5 Å². The number of benzene rings is 1. The summed E-state index contributed by atoms with van der Waals surface area (Å²) < 4.78 is 25.9. The first-order valence-corrected chi connectivity index (χ1v) is 8.33. The van der Waals surface area contributed by atoms with Gasteiger partial charge >= 0.3 is 0 Å². The topological polar surface area (TPSA) is 75.3 Å². The minimum absolute atomic E-state index is 0.0243. The van der Waals surface area contributed by atoms with Gasteiger partial charge in [0.15, 0.2) is 0 Å². The van der Waals surface area contributed by atoms with Crippen molar-refractivity contribution in [3.63, 3.8) is 0 Å². The highest BCUT2D eigenvalue weighted by Gasteiger charge is 2.11. The zero-order chi connectivity index (χ0) is 15.0. The molecule has 0 bridgehead atoms. The van der Waals surface area contributed by atoms with Crippen molar-refractivity contribution < 1.29 is 13.2 Å². The predicted molar refractivity (Wildman–Crippen MR) is 78.9 cm³/mol. The maximum Gasteiger partial charge on any atom is 0.240 e. The van der Waals surface area contributed by atoms with Gasteiger partial charge in [0.1, 0.15) is 0 Å². The lowest BCUT2D eigenvalue weighted by Crippen LogP contribution is -2.24. The van der Waals surface area contributed by atoms with Crippen molar-refractivity contribution in [3.8, 4) is 0 Å². The highest BCUT2D eigenvalue weighted by molar-refractivity contribution is 7.89. The second kappa shape index (κ2) is 8.01. The summed E-state index contributed by atoms with van der Waals surface area (Å²) in [6.45, 7) is 4.80. The minimum Gasteiger partial charge on any atom is -0.356 e. The van der Waals surface area contributed by atoms with Gasteiger partial charge in [-0.25, -0.2) is 13.1 Å². The van der Waals surface area contributed by atoms with Gasteiger partial charge in [0.25, 0.3) is 0 Å². The predicted octanol–water partition coefficient (Wildman–Crippen LogP) is 1.44. The Labute approximate surface area is 120 Å². The van der Waals surface area contributed by atoms with Crippen LogP contribution in [-0.4, -0.2) is 27.4 Å². The molecule has 0 spiro atoms. The molecule has 2 N–H and O–H groups in total. The van der Waals surface area contributed by atoms with Crippen LogP contribution in [0.25, 0.3) is 0 Å². The highest BCUT2D eigenvalue weighted by Crippen LogP contribution is 2.11. The largest absolute Gasteiger partial charge is 0.356 e. The van der Waals surface area contributed by atoms with Crippen molar-refractivity contribution in [1.29, 1.82) is 0 Å². The Morgan fingerprint density at radius 3 is 2.35 bits per heavy atom. The van der Waals surface area contributed by atoms with Crippen molar-refractivity contribution in [1.82, 2.24) is 10.0 Å². The van der Waals surface area contributed by atoms with E-state index in [9.17, 15) is 13.2 Å². The number of rotatable bonds is 8. The third kappa shape index (κ3) is 5.30. The van der Waals surface area contributed by atoms with E-state index in [0.29, 0.717) is 25.9 Å². The van der Waals surface area contributed by atoms with Crippen LogP contribution >= 0.6 is 0 Å². The fourth-order valence-corrected chi connectivity index (χ4v) is 2.76. The molecule has 0 saturated heterocycles. The van der Waals surface area contributed by atoms with Gasteiger partial charge in [-0.2, -0.15) is 0 Å². The molecular formula is C14H22N2O3S. The fraction of sp³-hybridized carbons (Fsp3) is 0.500. The molecule has 0 saturated carbocycles. The lowest BCUT2D eigenvalue weighted by atomic mass is 10.1. The number of sulfonamides is 1. The number of hydrogen-bond acceptors (Lipinski definition) is 3. The van der Waals surface area contributed by atoms with Crippen molar-refractivity contribution in [2.75, 3.05) is 13.1 Å². The molecule has 0 heterocycles. The molecule has 5 nitrogen and oxygen atoms in total. The van der Waals surface area contributed by atoms with E-state index >= 15 is 0 Å². The Hall–Kier alpha value is -1.40. The van der Waals surface area contributed by atoms with Gasteiger partial charge < -0.3 is 5.32 Å². The van der Waals surface area contributed by atoms with Gasteiger partial charge in [-0.3, -0.25) is 4.79 Å². The molecule has 0 radical (unpaired) electrons. The molecule has 1 aromatic rings. The standard InChI is InChI=1S/C14H22N2O3S/c1-3-11-15-14(17)10-7-12-5-8-13(9-6-12)20(18,19)16-4-2/h5-6,8-9,16H,3-4,7,10-11H2,1-2H3,(H,15,17). The van der Waals surface area contributed by atoms with E-state index in [4.69, 9.17) is 0 Å². The average molecular weight is 298 g/mol. The number of carbonyl (C=O) groups excluding carboxylic acids is 1. The zero-order valence-electron chi connectivity index (χ0n) is 12.0. The Morgan fingerprint density at radius 2 is 1.80 bits per heavy atom. The number of aryl methyl sites for hydroxylation is 1. The molecule has 0 unspecified atom stereocenters. The van der Waals surface area contributed by atoms with Crippen LogP contribution in [0.1, 0.15) is 32.3 Å². The molecule has 6 heteroatoms. The first-order valence-electron chi connectivity index (χ1n) is 6.85. The summed E-state index contributed by atoms with van der Waals surface area (Å²) in [4.78, 5) is 11.7. The maximum absolute atomic E-state index is 11.8. The first-order chi connectivity index (χ1) is 9.49. The van der Waals surface area contributed by atoms with Gasteiger partial charge in [-0.1, -0.05) is 26.0 Å². The van der Waals surface area contributed by atoms with Crippen LogP contribution in [0.15, 0.2) is 29.2 Å². The van der Waals surface area contributed by atoms with E-state index < -0.39 is 10.0 Å². The summed E-state index contributed by atoms with van der Waals surface area (Å²) in [5.41, 5.74) is 0.951. The van der Waals surface area contributed by atoms with Gasteiger partial charge in [0, 0.05) is 19.5 Å². The van der Waals surface area contributed by atoms with Crippen molar-refractivity contribution in [2.24, 2.45) is 0 Å². The lowest BCUT2D eigenvalue weighted by Gasteiger charge is -2.06. The van der Waals surface area contributed by atoms with Crippen molar-refractivity contribution >= 4 is 15.9 Å². The van der Waals surface area contributed by atoms with Gasteiger partial charge in [-0.15, -0.1) is 0 Å². The van der Waals surface area contributed by atoms with E-state index in [-0.39, 0.29) is 10.8 Å². The first kappa shape index (κ1) is 16.7. The summed E-state index contributed by atoms with van der Waals surface area (Å²) in [6.07, 6.45) is 1.94. The number of amides is 1. The molecule has 0 aliphatic rings.